The van der Waals surface area contributed by atoms with Gasteiger partial charge in [0.25, 0.3) is 0 Å². The first-order chi connectivity index (χ1) is 10.2. The Kier molecular flexibility index (Phi) is 5.22. The Balaban J connectivity index is 1.88. The van der Waals surface area contributed by atoms with Gasteiger partial charge >= 0.3 is 0 Å². The lowest BCUT2D eigenvalue weighted by Gasteiger charge is -2.15. The van der Waals surface area contributed by atoms with Crippen LogP contribution in [-0.2, 0) is 22.4 Å². The molecular formula is C15H17N4O2. The van der Waals surface area contributed by atoms with Gasteiger partial charge in [0, 0.05) is 12.6 Å². The number of nitrogens with two attached hydrogens (primary N) is 1. The number of hydrogen-bond acceptors (Lipinski definition) is 4. The summed E-state index contributed by atoms with van der Waals surface area (Å²) in [5.74, 6) is -0.372. The number of imidazole rings is 1. The van der Waals surface area contributed by atoms with Crippen molar-refractivity contribution < 1.29 is 9.59 Å². The van der Waals surface area contributed by atoms with Crippen molar-refractivity contribution in [3.05, 3.63) is 54.1 Å². The van der Waals surface area contributed by atoms with Crippen LogP contribution in [0.5, 0.6) is 0 Å². The zero-order valence-electron chi connectivity index (χ0n) is 11.5. The second kappa shape index (κ2) is 7.35. The number of H-pyrrole nitrogens is 1. The molecule has 0 aliphatic carbocycles. The van der Waals surface area contributed by atoms with E-state index in [1.165, 1.54) is 6.33 Å². The van der Waals surface area contributed by atoms with Crippen LogP contribution in [0.4, 0.5) is 0 Å². The normalized spacial score (nSPS) is 13.4. The van der Waals surface area contributed by atoms with Crippen LogP contribution in [0.15, 0.2) is 42.9 Å². The Morgan fingerprint density at radius 1 is 1.33 bits per heavy atom. The number of aromatic amines is 1. The molecule has 109 valence electrons. The minimum Gasteiger partial charge on any atom is -0.351 e. The van der Waals surface area contributed by atoms with Crippen LogP contribution in [0.3, 0.4) is 0 Å². The second-order valence-corrected chi connectivity index (χ2v) is 4.74. The van der Waals surface area contributed by atoms with Crippen molar-refractivity contribution in [2.75, 3.05) is 0 Å². The van der Waals surface area contributed by atoms with Gasteiger partial charge in [0.15, 0.2) is 0 Å². The van der Waals surface area contributed by atoms with E-state index in [0.717, 1.165) is 5.56 Å². The summed E-state index contributed by atoms with van der Waals surface area (Å²) in [6.07, 6.45) is 5.69. The highest BCUT2D eigenvalue weighted by molar-refractivity contribution is 5.84. The number of nitrogens with zero attached hydrogens (tertiary/aromatic N) is 1. The van der Waals surface area contributed by atoms with E-state index in [9.17, 15) is 9.59 Å². The van der Waals surface area contributed by atoms with Crippen LogP contribution in [-0.4, -0.2) is 34.2 Å². The molecule has 4 N–H and O–H groups in total. The van der Waals surface area contributed by atoms with Crippen molar-refractivity contribution in [3.63, 3.8) is 0 Å². The molecule has 0 fully saturated rings. The molecule has 0 aliphatic heterocycles. The number of aromatic nitrogens is 2. The van der Waals surface area contributed by atoms with Crippen molar-refractivity contribution in [1.29, 1.82) is 0 Å². The number of nitrogens with one attached hydrogen (secondary N) is 2. The van der Waals surface area contributed by atoms with E-state index in [1.807, 2.05) is 30.3 Å². The highest BCUT2D eigenvalue weighted by atomic mass is 16.2. The standard InChI is InChI=1S/C15H17N4O2/c16-14(6-11-4-2-1-3-5-11)15(21)19-13(9-20)7-12-8-17-10-18-12/h1-5,8,10,13-14H,6-7,16H2,(H,17,18)(H,19,21)/t13-,14?/m0/s1. The third-order valence-electron chi connectivity index (χ3n) is 3.06. The Morgan fingerprint density at radius 2 is 2.10 bits per heavy atom. The Labute approximate surface area is 122 Å². The minimum absolute atomic E-state index is 0.288. The number of amides is 1. The van der Waals surface area contributed by atoms with Crippen LogP contribution in [0, 0.1) is 0 Å². The maximum atomic E-state index is 12.0. The maximum absolute atomic E-state index is 12.0. The average molecular weight is 285 g/mol. The molecule has 0 spiro atoms. The molecule has 2 rings (SSSR count). The third kappa shape index (κ3) is 4.54. The molecule has 1 unspecified atom stereocenters. The molecule has 2 aromatic rings. The van der Waals surface area contributed by atoms with E-state index in [-0.39, 0.29) is 12.3 Å². The van der Waals surface area contributed by atoms with Crippen LogP contribution in [0.25, 0.3) is 0 Å². The molecule has 6 nitrogen and oxygen atoms in total. The molecule has 1 radical (unpaired) electrons. The van der Waals surface area contributed by atoms with Gasteiger partial charge in [-0.1, -0.05) is 30.3 Å². The van der Waals surface area contributed by atoms with Crippen molar-refractivity contribution in [1.82, 2.24) is 15.3 Å². The van der Waals surface area contributed by atoms with E-state index in [2.05, 4.69) is 15.3 Å². The monoisotopic (exact) mass is 285 g/mol. The van der Waals surface area contributed by atoms with Crippen molar-refractivity contribution in [3.8, 4) is 0 Å². The van der Waals surface area contributed by atoms with Crippen LogP contribution >= 0.6 is 0 Å². The topological polar surface area (TPSA) is 101 Å². The number of hydrogen-bond donors (Lipinski definition) is 3. The van der Waals surface area contributed by atoms with Gasteiger partial charge in [-0.05, 0) is 12.0 Å². The second-order valence-electron chi connectivity index (χ2n) is 4.74. The fourth-order valence-electron chi connectivity index (χ4n) is 1.97. The number of carbonyl (C=O) groups excluding carboxylic acids is 2. The highest BCUT2D eigenvalue weighted by Gasteiger charge is 2.19. The minimum atomic E-state index is -0.748. The summed E-state index contributed by atoms with van der Waals surface area (Å²) >= 11 is 0. The van der Waals surface area contributed by atoms with E-state index < -0.39 is 12.1 Å². The lowest BCUT2D eigenvalue weighted by molar-refractivity contribution is -0.122. The Bertz CT molecular complexity index is 569. The fraction of sp³-hybridized carbons (Fsp3) is 0.267. The lowest BCUT2D eigenvalue weighted by atomic mass is 10.1. The van der Waals surface area contributed by atoms with Gasteiger partial charge in [0.1, 0.15) is 6.04 Å². The summed E-state index contributed by atoms with van der Waals surface area (Å²) in [6.45, 7) is 0. The zero-order chi connectivity index (χ0) is 15.1. The molecule has 1 aromatic heterocycles. The van der Waals surface area contributed by atoms with Gasteiger partial charge < -0.3 is 16.0 Å². The smallest absolute Gasteiger partial charge is 0.237 e. The van der Waals surface area contributed by atoms with Gasteiger partial charge in [-0.3, -0.25) is 9.59 Å². The molecule has 0 saturated carbocycles. The highest BCUT2D eigenvalue weighted by Crippen LogP contribution is 2.03. The molecular weight excluding hydrogens is 268 g/mol. The summed E-state index contributed by atoms with van der Waals surface area (Å²) < 4.78 is 0. The summed E-state index contributed by atoms with van der Waals surface area (Å²) in [5.41, 5.74) is 7.51. The van der Waals surface area contributed by atoms with Gasteiger partial charge in [0.05, 0.1) is 18.1 Å². The summed E-state index contributed by atoms with van der Waals surface area (Å²) in [4.78, 5) is 29.7. The lowest BCUT2D eigenvalue weighted by Crippen LogP contribution is -2.47. The van der Waals surface area contributed by atoms with E-state index in [0.29, 0.717) is 12.1 Å². The molecule has 0 saturated heterocycles. The van der Waals surface area contributed by atoms with Crippen LogP contribution in [0.2, 0.25) is 0 Å². The molecule has 2 atom stereocenters. The molecule has 21 heavy (non-hydrogen) atoms. The van der Waals surface area contributed by atoms with Gasteiger partial charge in [-0.15, -0.1) is 0 Å². The number of rotatable bonds is 7. The molecule has 6 heteroatoms. The Hall–Kier alpha value is -2.47. The first kappa shape index (κ1) is 14.9. The van der Waals surface area contributed by atoms with Crippen LogP contribution in [0.1, 0.15) is 11.3 Å². The largest absolute Gasteiger partial charge is 0.351 e. The fourth-order valence-corrected chi connectivity index (χ4v) is 1.97. The van der Waals surface area contributed by atoms with Gasteiger partial charge in [0.2, 0.25) is 12.2 Å². The van der Waals surface area contributed by atoms with Gasteiger partial charge in [-0.2, -0.15) is 0 Å². The quantitative estimate of drug-likeness (QED) is 0.672. The summed E-state index contributed by atoms with van der Waals surface area (Å²) in [5, 5.41) is 2.58. The van der Waals surface area contributed by atoms with Crippen molar-refractivity contribution in [2.24, 2.45) is 5.73 Å². The average Bonchev–Trinajstić information content (AvgIpc) is 3.00. The molecule has 0 aliphatic rings. The molecule has 1 heterocycles. The molecule has 0 bridgehead atoms. The van der Waals surface area contributed by atoms with Crippen LogP contribution < -0.4 is 11.1 Å². The zero-order valence-corrected chi connectivity index (χ0v) is 11.5. The Morgan fingerprint density at radius 3 is 2.71 bits per heavy atom. The summed E-state index contributed by atoms with van der Waals surface area (Å²) in [7, 11) is 0. The predicted octanol–water partition coefficient (Wildman–Crippen LogP) is 0.117. The van der Waals surface area contributed by atoms with Crippen molar-refractivity contribution in [2.45, 2.75) is 24.9 Å². The maximum Gasteiger partial charge on any atom is 0.237 e. The first-order valence-corrected chi connectivity index (χ1v) is 6.64. The van der Waals surface area contributed by atoms with E-state index >= 15 is 0 Å². The first-order valence-electron chi connectivity index (χ1n) is 6.64. The number of carbonyl (C=O) groups is 1. The van der Waals surface area contributed by atoms with Crippen molar-refractivity contribution >= 4 is 12.2 Å². The third-order valence-corrected chi connectivity index (χ3v) is 3.06. The van der Waals surface area contributed by atoms with E-state index in [1.54, 1.807) is 12.5 Å². The molecule has 1 amide bonds. The SMILES string of the molecule is NC(Cc1ccccc1)C(=O)N[C@H]([C]=O)Cc1c[nH]cn1. The predicted molar refractivity (Wildman–Crippen MR) is 78.0 cm³/mol. The van der Waals surface area contributed by atoms with E-state index in [4.69, 9.17) is 5.73 Å². The molecule has 1 aromatic carbocycles. The summed E-state index contributed by atoms with van der Waals surface area (Å²) in [6, 6.07) is 8.03. The van der Waals surface area contributed by atoms with Gasteiger partial charge in [-0.25, -0.2) is 4.98 Å². The number of benzene rings is 1.